The minimum atomic E-state index is -0.687. The summed E-state index contributed by atoms with van der Waals surface area (Å²) >= 11 is 0. The van der Waals surface area contributed by atoms with Crippen LogP contribution < -0.4 is 9.47 Å². The normalized spacial score (nSPS) is 28.8. The summed E-state index contributed by atoms with van der Waals surface area (Å²) in [5, 5.41) is 21.1. The minimum Gasteiger partial charge on any atom is -0.493 e. The molecule has 162 valence electrons. The van der Waals surface area contributed by atoms with Gasteiger partial charge in [-0.3, -0.25) is 4.90 Å². The summed E-state index contributed by atoms with van der Waals surface area (Å²) in [6.45, 7) is 8.07. The number of hydrogen-bond donors (Lipinski definition) is 2. The summed E-state index contributed by atoms with van der Waals surface area (Å²) in [6, 6.07) is 4.29. The molecule has 1 aromatic rings. The molecule has 0 spiro atoms. The summed E-state index contributed by atoms with van der Waals surface area (Å²) in [5.41, 5.74) is 1.49. The van der Waals surface area contributed by atoms with Crippen molar-refractivity contribution < 1.29 is 24.4 Å². The highest BCUT2D eigenvalue weighted by Gasteiger charge is 2.41. The third kappa shape index (κ3) is 4.41. The lowest BCUT2D eigenvalue weighted by molar-refractivity contribution is -0.149. The number of ether oxygens (including phenoxy) is 3. The Hall–Kier alpha value is -1.34. The zero-order valence-electron chi connectivity index (χ0n) is 18.1. The molecular formula is C23H35NO5. The standard InChI is InChI=1S/C23H35NO5/c1-22(2,3)29-21-13-24-9-6-15-10-20(28-14-23(26)7-5-8-23)19(27-4)11-16(15)17(24)12-18(21)25/h10-11,17-18,21,25-26H,5-9,12-14H2,1-4H3. The van der Waals surface area contributed by atoms with Crippen molar-refractivity contribution in [1.29, 1.82) is 0 Å². The molecule has 2 fully saturated rings. The molecular weight excluding hydrogens is 370 g/mol. The van der Waals surface area contributed by atoms with Crippen molar-refractivity contribution in [2.24, 2.45) is 0 Å². The van der Waals surface area contributed by atoms with Crippen molar-refractivity contribution >= 4 is 0 Å². The molecule has 1 saturated carbocycles. The SMILES string of the molecule is COc1cc2c(cc1OCC1(O)CCC1)CCN1CC(OC(C)(C)C)C(O)CC21. The van der Waals surface area contributed by atoms with Gasteiger partial charge in [0.15, 0.2) is 11.5 Å². The van der Waals surface area contributed by atoms with E-state index in [9.17, 15) is 10.2 Å². The highest BCUT2D eigenvalue weighted by atomic mass is 16.5. The first-order chi connectivity index (χ1) is 13.7. The minimum absolute atomic E-state index is 0.160. The zero-order valence-corrected chi connectivity index (χ0v) is 18.1. The van der Waals surface area contributed by atoms with Crippen LogP contribution in [0.15, 0.2) is 12.1 Å². The van der Waals surface area contributed by atoms with Gasteiger partial charge >= 0.3 is 0 Å². The van der Waals surface area contributed by atoms with Crippen LogP contribution in [0.3, 0.4) is 0 Å². The molecule has 1 aliphatic carbocycles. The number of nitrogens with zero attached hydrogens (tertiary/aromatic N) is 1. The molecule has 6 nitrogen and oxygen atoms in total. The van der Waals surface area contributed by atoms with E-state index in [1.165, 1.54) is 11.1 Å². The van der Waals surface area contributed by atoms with Gasteiger partial charge in [-0.05, 0) is 76.1 Å². The number of hydrogen-bond acceptors (Lipinski definition) is 6. The van der Waals surface area contributed by atoms with E-state index in [0.717, 1.165) is 38.8 Å². The quantitative estimate of drug-likeness (QED) is 0.785. The molecule has 2 N–H and O–H groups in total. The number of aliphatic hydroxyl groups is 2. The molecule has 3 aliphatic rings. The first-order valence-corrected chi connectivity index (χ1v) is 10.8. The fraction of sp³-hybridized carbons (Fsp3) is 0.739. The van der Waals surface area contributed by atoms with Gasteiger partial charge in [0.2, 0.25) is 0 Å². The van der Waals surface area contributed by atoms with Crippen LogP contribution in [0.1, 0.15) is 63.6 Å². The first-order valence-electron chi connectivity index (χ1n) is 10.8. The van der Waals surface area contributed by atoms with Crippen LogP contribution in [0, 0.1) is 0 Å². The van der Waals surface area contributed by atoms with Crippen molar-refractivity contribution in [3.05, 3.63) is 23.3 Å². The molecule has 0 aromatic heterocycles. The second kappa shape index (κ2) is 7.73. The van der Waals surface area contributed by atoms with Gasteiger partial charge in [0.25, 0.3) is 0 Å². The van der Waals surface area contributed by atoms with Gasteiger partial charge in [0.1, 0.15) is 6.61 Å². The molecule has 3 unspecified atom stereocenters. The molecule has 0 radical (unpaired) electrons. The van der Waals surface area contributed by atoms with E-state index in [-0.39, 0.29) is 17.7 Å². The van der Waals surface area contributed by atoms with E-state index in [2.05, 4.69) is 17.0 Å². The van der Waals surface area contributed by atoms with Crippen molar-refractivity contribution in [3.8, 4) is 11.5 Å². The lowest BCUT2D eigenvalue weighted by atomic mass is 9.81. The Morgan fingerprint density at radius 3 is 2.59 bits per heavy atom. The Bertz CT molecular complexity index is 740. The monoisotopic (exact) mass is 405 g/mol. The second-order valence-electron chi connectivity index (χ2n) is 9.90. The van der Waals surface area contributed by atoms with E-state index in [1.54, 1.807) is 7.11 Å². The van der Waals surface area contributed by atoms with Gasteiger partial charge < -0.3 is 24.4 Å². The summed E-state index contributed by atoms with van der Waals surface area (Å²) in [6.07, 6.45) is 3.57. The fourth-order valence-corrected chi connectivity index (χ4v) is 4.77. The molecule has 1 aromatic carbocycles. The maximum atomic E-state index is 10.7. The van der Waals surface area contributed by atoms with E-state index in [1.807, 2.05) is 20.8 Å². The van der Waals surface area contributed by atoms with Crippen molar-refractivity contribution in [2.45, 2.75) is 82.3 Å². The maximum absolute atomic E-state index is 10.7. The lowest BCUT2D eigenvalue weighted by Crippen LogP contribution is -2.53. The zero-order chi connectivity index (χ0) is 20.8. The third-order valence-electron chi connectivity index (χ3n) is 6.49. The Kier molecular flexibility index (Phi) is 5.57. The van der Waals surface area contributed by atoms with Gasteiger partial charge in [0, 0.05) is 19.1 Å². The van der Waals surface area contributed by atoms with Crippen LogP contribution in [0.5, 0.6) is 11.5 Å². The topological polar surface area (TPSA) is 71.4 Å². The van der Waals surface area contributed by atoms with Crippen LogP contribution in [-0.4, -0.2) is 65.3 Å². The van der Waals surface area contributed by atoms with Crippen molar-refractivity contribution in [1.82, 2.24) is 4.90 Å². The van der Waals surface area contributed by atoms with Crippen LogP contribution in [0.4, 0.5) is 0 Å². The van der Waals surface area contributed by atoms with Crippen LogP contribution in [0.2, 0.25) is 0 Å². The molecule has 0 amide bonds. The number of aliphatic hydroxyl groups excluding tert-OH is 1. The second-order valence-corrected chi connectivity index (χ2v) is 9.90. The summed E-state index contributed by atoms with van der Waals surface area (Å²) in [5.74, 6) is 1.39. The lowest BCUT2D eigenvalue weighted by Gasteiger charge is -2.47. The molecule has 2 heterocycles. The van der Waals surface area contributed by atoms with Gasteiger partial charge in [-0.15, -0.1) is 0 Å². The van der Waals surface area contributed by atoms with E-state index in [0.29, 0.717) is 24.5 Å². The molecule has 3 atom stereocenters. The molecule has 4 rings (SSSR count). The Morgan fingerprint density at radius 1 is 1.21 bits per heavy atom. The average molecular weight is 406 g/mol. The number of benzene rings is 1. The van der Waals surface area contributed by atoms with E-state index >= 15 is 0 Å². The summed E-state index contributed by atoms with van der Waals surface area (Å²) in [7, 11) is 1.65. The van der Waals surface area contributed by atoms with Gasteiger partial charge in [0.05, 0.1) is 30.5 Å². The van der Waals surface area contributed by atoms with Gasteiger partial charge in [-0.1, -0.05) is 0 Å². The van der Waals surface area contributed by atoms with Crippen LogP contribution >= 0.6 is 0 Å². The number of fused-ring (bicyclic) bond motifs is 3. The van der Waals surface area contributed by atoms with Crippen LogP contribution in [0.25, 0.3) is 0 Å². The Labute approximate surface area is 173 Å². The molecule has 1 saturated heterocycles. The molecule has 2 aliphatic heterocycles. The Morgan fingerprint density at radius 2 is 1.97 bits per heavy atom. The number of rotatable bonds is 5. The van der Waals surface area contributed by atoms with Crippen LogP contribution in [-0.2, 0) is 11.2 Å². The first kappa shape index (κ1) is 20.9. The third-order valence-corrected chi connectivity index (χ3v) is 6.49. The highest BCUT2D eigenvalue weighted by molar-refractivity contribution is 5.49. The maximum Gasteiger partial charge on any atom is 0.161 e. The molecule has 0 bridgehead atoms. The highest BCUT2D eigenvalue weighted by Crippen LogP contribution is 2.43. The number of piperidine rings is 1. The van der Waals surface area contributed by atoms with Gasteiger partial charge in [-0.2, -0.15) is 0 Å². The van der Waals surface area contributed by atoms with Crippen molar-refractivity contribution in [3.63, 3.8) is 0 Å². The summed E-state index contributed by atoms with van der Waals surface area (Å²) < 4.78 is 17.7. The molecule has 6 heteroatoms. The van der Waals surface area contributed by atoms with E-state index in [4.69, 9.17) is 14.2 Å². The van der Waals surface area contributed by atoms with Crippen molar-refractivity contribution in [2.75, 3.05) is 26.8 Å². The predicted octanol–water partition coefficient (Wildman–Crippen LogP) is 2.84. The Balaban J connectivity index is 1.52. The summed E-state index contributed by atoms with van der Waals surface area (Å²) in [4.78, 5) is 2.42. The average Bonchev–Trinajstić information content (AvgIpc) is 2.63. The van der Waals surface area contributed by atoms with Gasteiger partial charge in [-0.25, -0.2) is 0 Å². The van der Waals surface area contributed by atoms with E-state index < -0.39 is 11.7 Å². The number of methoxy groups -OCH3 is 1. The molecule has 29 heavy (non-hydrogen) atoms. The smallest absolute Gasteiger partial charge is 0.161 e. The largest absolute Gasteiger partial charge is 0.493 e. The predicted molar refractivity (Wildman–Crippen MR) is 111 cm³/mol. The fourth-order valence-electron chi connectivity index (χ4n) is 4.77.